The van der Waals surface area contributed by atoms with Crippen molar-refractivity contribution in [2.24, 2.45) is 11.8 Å². The number of hydrogen-bond donors (Lipinski definition) is 0. The molecule has 0 heterocycles. The number of hydrogen-bond acceptors (Lipinski definition) is 3. The Morgan fingerprint density at radius 3 is 2.53 bits per heavy atom. The zero-order valence-electron chi connectivity index (χ0n) is 10.1. The van der Waals surface area contributed by atoms with E-state index in [0.717, 1.165) is 12.0 Å². The van der Waals surface area contributed by atoms with Crippen molar-refractivity contribution in [1.29, 1.82) is 0 Å². The van der Waals surface area contributed by atoms with Gasteiger partial charge in [-0.25, -0.2) is 0 Å². The van der Waals surface area contributed by atoms with E-state index >= 15 is 0 Å². The predicted octanol–water partition coefficient (Wildman–Crippen LogP) is 2.17. The topological polar surface area (TPSA) is 43.4 Å². The zero-order valence-corrected chi connectivity index (χ0v) is 10.1. The molecule has 0 saturated heterocycles. The minimum atomic E-state index is -0.592. The second-order valence-corrected chi connectivity index (χ2v) is 4.58. The molecule has 1 fully saturated rings. The van der Waals surface area contributed by atoms with Crippen molar-refractivity contribution >= 4 is 11.8 Å². The quantitative estimate of drug-likeness (QED) is 0.579. The lowest BCUT2D eigenvalue weighted by atomic mass is 9.95. The summed E-state index contributed by atoms with van der Waals surface area (Å²) in [6.45, 7) is 1.93. The molecule has 1 saturated carbocycles. The molecule has 1 aliphatic rings. The van der Waals surface area contributed by atoms with Gasteiger partial charge in [-0.1, -0.05) is 37.3 Å². The van der Waals surface area contributed by atoms with Crippen LogP contribution in [0.5, 0.6) is 0 Å². The Kier molecular flexibility index (Phi) is 3.27. The standard InChI is InChI=1S/C14H16O3/c1-9-8-11(10-6-4-3-5-7-10)13(15)12(9)14(16)17-2/h3-7,9,11-12H,8H2,1-2H3. The first-order valence-electron chi connectivity index (χ1n) is 5.81. The summed E-state index contributed by atoms with van der Waals surface area (Å²) in [4.78, 5) is 23.8. The molecular formula is C14H16O3. The van der Waals surface area contributed by atoms with E-state index in [1.54, 1.807) is 0 Å². The lowest BCUT2D eigenvalue weighted by molar-refractivity contribution is -0.149. The molecular weight excluding hydrogens is 216 g/mol. The molecule has 0 radical (unpaired) electrons. The number of esters is 1. The van der Waals surface area contributed by atoms with Crippen LogP contribution in [0.1, 0.15) is 24.8 Å². The van der Waals surface area contributed by atoms with Crippen LogP contribution in [0.2, 0.25) is 0 Å². The van der Waals surface area contributed by atoms with Crippen LogP contribution >= 0.6 is 0 Å². The van der Waals surface area contributed by atoms with Gasteiger partial charge < -0.3 is 4.74 Å². The minimum absolute atomic E-state index is 0.00412. The average Bonchev–Trinajstić information content (AvgIpc) is 2.65. The van der Waals surface area contributed by atoms with Crippen molar-refractivity contribution < 1.29 is 14.3 Å². The molecule has 17 heavy (non-hydrogen) atoms. The molecule has 3 nitrogen and oxygen atoms in total. The third-order valence-corrected chi connectivity index (χ3v) is 3.48. The molecule has 0 aromatic heterocycles. The molecule has 0 N–H and O–H groups in total. The van der Waals surface area contributed by atoms with Gasteiger partial charge in [0.1, 0.15) is 5.92 Å². The van der Waals surface area contributed by atoms with E-state index in [-0.39, 0.29) is 17.6 Å². The van der Waals surface area contributed by atoms with Gasteiger partial charge >= 0.3 is 5.97 Å². The molecule has 0 aliphatic heterocycles. The number of carbonyl (C=O) groups is 2. The van der Waals surface area contributed by atoms with Crippen LogP contribution in [0.15, 0.2) is 30.3 Å². The first kappa shape index (κ1) is 11.8. The molecule has 3 atom stereocenters. The molecule has 3 heteroatoms. The second kappa shape index (κ2) is 4.70. The van der Waals surface area contributed by atoms with Crippen molar-refractivity contribution in [2.75, 3.05) is 7.11 Å². The van der Waals surface area contributed by atoms with Gasteiger partial charge in [0.15, 0.2) is 5.78 Å². The molecule has 0 spiro atoms. The maximum Gasteiger partial charge on any atom is 0.316 e. The number of carbonyl (C=O) groups excluding carboxylic acids is 2. The molecule has 90 valence electrons. The summed E-state index contributed by atoms with van der Waals surface area (Å²) < 4.78 is 4.70. The SMILES string of the molecule is COC(=O)C1C(=O)C(c2ccccc2)CC1C. The number of methoxy groups -OCH3 is 1. The molecule has 1 aromatic rings. The Hall–Kier alpha value is -1.64. The predicted molar refractivity (Wildman–Crippen MR) is 63.5 cm³/mol. The fourth-order valence-electron chi connectivity index (χ4n) is 2.58. The first-order chi connectivity index (χ1) is 8.15. The summed E-state index contributed by atoms with van der Waals surface area (Å²) in [5, 5.41) is 0. The molecule has 2 rings (SSSR count). The summed E-state index contributed by atoms with van der Waals surface area (Å²) in [5.41, 5.74) is 0.996. The largest absolute Gasteiger partial charge is 0.468 e. The van der Waals surface area contributed by atoms with E-state index in [1.165, 1.54) is 7.11 Å². The third kappa shape index (κ3) is 2.09. The van der Waals surface area contributed by atoms with Crippen molar-refractivity contribution in [3.05, 3.63) is 35.9 Å². The first-order valence-corrected chi connectivity index (χ1v) is 5.81. The number of ether oxygens (including phenoxy) is 1. The van der Waals surface area contributed by atoms with Gasteiger partial charge in [0.25, 0.3) is 0 Å². The average molecular weight is 232 g/mol. The third-order valence-electron chi connectivity index (χ3n) is 3.48. The van der Waals surface area contributed by atoms with Gasteiger partial charge in [-0.2, -0.15) is 0 Å². The van der Waals surface area contributed by atoms with Gasteiger partial charge in [0.2, 0.25) is 0 Å². The molecule has 1 aromatic carbocycles. The number of ketones is 1. The second-order valence-electron chi connectivity index (χ2n) is 4.58. The van der Waals surface area contributed by atoms with Crippen LogP contribution in [0.25, 0.3) is 0 Å². The summed E-state index contributed by atoms with van der Waals surface area (Å²) >= 11 is 0. The van der Waals surface area contributed by atoms with Crippen LogP contribution in [-0.4, -0.2) is 18.9 Å². The monoisotopic (exact) mass is 232 g/mol. The Balaban J connectivity index is 2.25. The summed E-state index contributed by atoms with van der Waals surface area (Å²) in [5.74, 6) is -1.10. The van der Waals surface area contributed by atoms with Crippen LogP contribution in [-0.2, 0) is 14.3 Å². The van der Waals surface area contributed by atoms with Crippen LogP contribution < -0.4 is 0 Å². The van der Waals surface area contributed by atoms with Gasteiger partial charge in [-0.15, -0.1) is 0 Å². The zero-order chi connectivity index (χ0) is 12.4. The van der Waals surface area contributed by atoms with E-state index in [4.69, 9.17) is 4.74 Å². The van der Waals surface area contributed by atoms with Gasteiger partial charge in [-0.3, -0.25) is 9.59 Å². The number of Topliss-reactive ketones (excluding diaryl/α,β-unsaturated/α-hetero) is 1. The maximum atomic E-state index is 12.2. The minimum Gasteiger partial charge on any atom is -0.468 e. The van der Waals surface area contributed by atoms with E-state index in [0.29, 0.717) is 0 Å². The maximum absolute atomic E-state index is 12.2. The van der Waals surface area contributed by atoms with Crippen molar-refractivity contribution in [2.45, 2.75) is 19.3 Å². The lowest BCUT2D eigenvalue weighted by Gasteiger charge is -2.10. The fraction of sp³-hybridized carbons (Fsp3) is 0.429. The molecule has 0 bridgehead atoms. The van der Waals surface area contributed by atoms with Crippen molar-refractivity contribution in [1.82, 2.24) is 0 Å². The normalized spacial score (nSPS) is 28.1. The highest BCUT2D eigenvalue weighted by molar-refractivity contribution is 6.04. The van der Waals surface area contributed by atoms with Crippen LogP contribution in [0.3, 0.4) is 0 Å². The van der Waals surface area contributed by atoms with E-state index in [1.807, 2.05) is 37.3 Å². The molecule has 0 amide bonds. The Morgan fingerprint density at radius 1 is 1.29 bits per heavy atom. The van der Waals surface area contributed by atoms with Gasteiger partial charge in [0.05, 0.1) is 7.11 Å². The van der Waals surface area contributed by atoms with Crippen molar-refractivity contribution in [3.8, 4) is 0 Å². The highest BCUT2D eigenvalue weighted by Gasteiger charge is 2.45. The van der Waals surface area contributed by atoms with E-state index < -0.39 is 11.9 Å². The van der Waals surface area contributed by atoms with E-state index in [9.17, 15) is 9.59 Å². The molecule has 1 aliphatic carbocycles. The van der Waals surface area contributed by atoms with Crippen LogP contribution in [0, 0.1) is 11.8 Å². The summed E-state index contributed by atoms with van der Waals surface area (Å²) in [6.07, 6.45) is 0.725. The number of benzene rings is 1. The Labute approximate surface area is 101 Å². The summed E-state index contributed by atoms with van der Waals surface area (Å²) in [6, 6.07) is 9.63. The highest BCUT2D eigenvalue weighted by Crippen LogP contribution is 2.39. The van der Waals surface area contributed by atoms with Crippen molar-refractivity contribution in [3.63, 3.8) is 0 Å². The smallest absolute Gasteiger partial charge is 0.316 e. The summed E-state index contributed by atoms with van der Waals surface area (Å²) in [7, 11) is 1.33. The van der Waals surface area contributed by atoms with Gasteiger partial charge in [0, 0.05) is 5.92 Å². The molecule has 3 unspecified atom stereocenters. The van der Waals surface area contributed by atoms with E-state index in [2.05, 4.69) is 0 Å². The Bertz CT molecular complexity index is 424. The Morgan fingerprint density at radius 2 is 1.94 bits per heavy atom. The van der Waals surface area contributed by atoms with Gasteiger partial charge in [-0.05, 0) is 17.9 Å². The number of rotatable bonds is 2. The lowest BCUT2D eigenvalue weighted by Crippen LogP contribution is -2.26. The highest BCUT2D eigenvalue weighted by atomic mass is 16.5. The fourth-order valence-corrected chi connectivity index (χ4v) is 2.58. The van der Waals surface area contributed by atoms with Crippen LogP contribution in [0.4, 0.5) is 0 Å².